The van der Waals surface area contributed by atoms with Crippen LogP contribution in [0.2, 0.25) is 0 Å². The summed E-state index contributed by atoms with van der Waals surface area (Å²) in [5.41, 5.74) is -0.223. The summed E-state index contributed by atoms with van der Waals surface area (Å²) in [7, 11) is 0. The Hall–Kier alpha value is -2.44. The molecule has 0 atom stereocenters. The third-order valence-corrected chi connectivity index (χ3v) is 3.31. The van der Waals surface area contributed by atoms with Gasteiger partial charge < -0.3 is 9.84 Å². The highest BCUT2D eigenvalue weighted by Gasteiger charge is 2.16. The van der Waals surface area contributed by atoms with Crippen molar-refractivity contribution in [1.29, 1.82) is 0 Å². The molecule has 0 heterocycles. The lowest BCUT2D eigenvalue weighted by molar-refractivity contribution is -0.385. The fraction of sp³-hybridized carbons (Fsp3) is 0.500. The Morgan fingerprint density at radius 2 is 1.57 bits per heavy atom. The van der Waals surface area contributed by atoms with E-state index in [1.165, 1.54) is 18.2 Å². The molecule has 0 saturated heterocycles. The molecule has 1 aromatic rings. The second-order valence-electron chi connectivity index (χ2n) is 5.21. The molecular formula is C16H21NO6. The summed E-state index contributed by atoms with van der Waals surface area (Å²) in [6, 6.07) is 5.78. The van der Waals surface area contributed by atoms with Gasteiger partial charge in [-0.2, -0.15) is 0 Å². The van der Waals surface area contributed by atoms with Gasteiger partial charge in [-0.05, 0) is 18.9 Å². The minimum atomic E-state index is -0.775. The van der Waals surface area contributed by atoms with Crippen molar-refractivity contribution < 1.29 is 24.4 Å². The van der Waals surface area contributed by atoms with Crippen LogP contribution in [0, 0.1) is 10.1 Å². The third-order valence-electron chi connectivity index (χ3n) is 3.31. The maximum absolute atomic E-state index is 11.7. The molecule has 1 rings (SSSR count). The number of carbonyl (C=O) groups is 2. The Labute approximate surface area is 134 Å². The molecule has 0 fully saturated rings. The van der Waals surface area contributed by atoms with Crippen LogP contribution in [-0.2, 0) is 9.59 Å². The van der Waals surface area contributed by atoms with Crippen molar-refractivity contribution in [3.63, 3.8) is 0 Å². The molecule has 0 amide bonds. The van der Waals surface area contributed by atoms with Crippen LogP contribution in [0.25, 0.3) is 0 Å². The Bertz CT molecular complexity index is 543. The second kappa shape index (κ2) is 10.3. The molecule has 0 radical (unpaired) electrons. The van der Waals surface area contributed by atoms with Crippen molar-refractivity contribution >= 4 is 17.6 Å². The first-order valence-corrected chi connectivity index (χ1v) is 7.66. The van der Waals surface area contributed by atoms with E-state index in [1.807, 2.05) is 0 Å². The lowest BCUT2D eigenvalue weighted by Crippen LogP contribution is -2.08. The van der Waals surface area contributed by atoms with E-state index in [0.29, 0.717) is 12.8 Å². The minimum absolute atomic E-state index is 0.0313. The number of benzene rings is 1. The van der Waals surface area contributed by atoms with Crippen molar-refractivity contribution in [2.75, 3.05) is 0 Å². The molecule has 0 aromatic heterocycles. The molecule has 1 aromatic carbocycles. The van der Waals surface area contributed by atoms with Crippen molar-refractivity contribution in [3.8, 4) is 5.75 Å². The number of nitro groups is 1. The number of hydrogen-bond donors (Lipinski definition) is 1. The van der Waals surface area contributed by atoms with E-state index in [-0.39, 0.29) is 24.3 Å². The summed E-state index contributed by atoms with van der Waals surface area (Å²) in [6.07, 6.45) is 5.31. The first kappa shape index (κ1) is 18.6. The number of hydrogen-bond acceptors (Lipinski definition) is 5. The number of aliphatic carboxylic acids is 1. The second-order valence-corrected chi connectivity index (χ2v) is 5.21. The van der Waals surface area contributed by atoms with Crippen LogP contribution in [0.4, 0.5) is 5.69 Å². The van der Waals surface area contributed by atoms with E-state index in [1.54, 1.807) is 6.07 Å². The van der Waals surface area contributed by atoms with Gasteiger partial charge in [0, 0.05) is 18.9 Å². The van der Waals surface area contributed by atoms with Gasteiger partial charge >= 0.3 is 17.6 Å². The quantitative estimate of drug-likeness (QED) is 0.219. The van der Waals surface area contributed by atoms with Gasteiger partial charge in [-0.3, -0.25) is 19.7 Å². The van der Waals surface area contributed by atoms with Crippen LogP contribution < -0.4 is 4.74 Å². The van der Waals surface area contributed by atoms with Crippen LogP contribution in [0.1, 0.15) is 51.4 Å². The number of carbonyl (C=O) groups excluding carboxylic acids is 1. The van der Waals surface area contributed by atoms with Crippen molar-refractivity contribution in [2.24, 2.45) is 0 Å². The number of esters is 1. The lowest BCUT2D eigenvalue weighted by Gasteiger charge is -2.05. The molecule has 1 N–H and O–H groups in total. The summed E-state index contributed by atoms with van der Waals surface area (Å²) in [4.78, 5) is 32.2. The minimum Gasteiger partial charge on any atom is -0.481 e. The summed E-state index contributed by atoms with van der Waals surface area (Å²) in [5.74, 6) is -1.29. The monoisotopic (exact) mass is 323 g/mol. The number of carboxylic acids is 1. The SMILES string of the molecule is O=C(O)CCCCCCCCC(=O)Oc1ccccc1[N+](=O)[O-]. The fourth-order valence-electron chi connectivity index (χ4n) is 2.12. The summed E-state index contributed by atoms with van der Waals surface area (Å²) in [5, 5.41) is 19.3. The number of rotatable bonds is 11. The lowest BCUT2D eigenvalue weighted by atomic mass is 10.1. The molecule has 0 bridgehead atoms. The van der Waals surface area contributed by atoms with Gasteiger partial charge in [-0.15, -0.1) is 0 Å². The first-order valence-electron chi connectivity index (χ1n) is 7.66. The molecule has 23 heavy (non-hydrogen) atoms. The molecule has 0 saturated carbocycles. The smallest absolute Gasteiger partial charge is 0.311 e. The predicted octanol–water partition coefficient (Wildman–Crippen LogP) is 3.71. The average molecular weight is 323 g/mol. The molecule has 0 aliphatic heterocycles. The molecule has 0 unspecified atom stereocenters. The van der Waals surface area contributed by atoms with Crippen LogP contribution in [0.3, 0.4) is 0 Å². The zero-order chi connectivity index (χ0) is 17.1. The molecule has 7 nitrogen and oxygen atoms in total. The normalized spacial score (nSPS) is 10.3. The molecule has 0 aliphatic carbocycles. The molecule has 7 heteroatoms. The fourth-order valence-corrected chi connectivity index (χ4v) is 2.12. The van der Waals surface area contributed by atoms with Gasteiger partial charge in [0.25, 0.3) is 0 Å². The van der Waals surface area contributed by atoms with Gasteiger partial charge in [0.15, 0.2) is 0 Å². The summed E-state index contributed by atoms with van der Waals surface area (Å²) in [6.45, 7) is 0. The molecule has 126 valence electrons. The van der Waals surface area contributed by atoms with Gasteiger partial charge in [-0.1, -0.05) is 37.8 Å². The van der Waals surface area contributed by atoms with Crippen LogP contribution in [-0.4, -0.2) is 22.0 Å². The number of para-hydroxylation sites is 2. The zero-order valence-corrected chi connectivity index (χ0v) is 12.9. The molecule has 0 spiro atoms. The Kier molecular flexibility index (Phi) is 8.34. The Morgan fingerprint density at radius 3 is 2.17 bits per heavy atom. The van der Waals surface area contributed by atoms with E-state index in [9.17, 15) is 19.7 Å². The van der Waals surface area contributed by atoms with E-state index >= 15 is 0 Å². The largest absolute Gasteiger partial charge is 0.481 e. The number of unbranched alkanes of at least 4 members (excludes halogenated alkanes) is 5. The van der Waals surface area contributed by atoms with Gasteiger partial charge in [0.2, 0.25) is 5.75 Å². The van der Waals surface area contributed by atoms with Crippen LogP contribution in [0.5, 0.6) is 5.75 Å². The predicted molar refractivity (Wildman–Crippen MR) is 83.3 cm³/mol. The average Bonchev–Trinajstić information content (AvgIpc) is 2.50. The first-order chi connectivity index (χ1) is 11.0. The van der Waals surface area contributed by atoms with Crippen molar-refractivity contribution in [1.82, 2.24) is 0 Å². The van der Waals surface area contributed by atoms with E-state index in [0.717, 1.165) is 25.7 Å². The molecular weight excluding hydrogens is 302 g/mol. The highest BCUT2D eigenvalue weighted by atomic mass is 16.6. The number of carboxylic acid groups (broad SMARTS) is 1. The van der Waals surface area contributed by atoms with Crippen molar-refractivity contribution in [3.05, 3.63) is 34.4 Å². The third kappa shape index (κ3) is 7.94. The number of nitrogens with zero attached hydrogens (tertiary/aromatic N) is 1. The number of nitro benzene ring substituents is 1. The Balaban J connectivity index is 2.18. The number of ether oxygens (including phenoxy) is 1. The Morgan fingerprint density at radius 1 is 1.00 bits per heavy atom. The summed E-state index contributed by atoms with van der Waals surface area (Å²) >= 11 is 0. The highest BCUT2D eigenvalue weighted by molar-refractivity contribution is 5.73. The van der Waals surface area contributed by atoms with Crippen molar-refractivity contribution in [2.45, 2.75) is 51.4 Å². The van der Waals surface area contributed by atoms with E-state index < -0.39 is 16.9 Å². The van der Waals surface area contributed by atoms with E-state index in [4.69, 9.17) is 9.84 Å². The van der Waals surface area contributed by atoms with Gasteiger partial charge in [0.05, 0.1) is 4.92 Å². The van der Waals surface area contributed by atoms with Crippen LogP contribution in [0.15, 0.2) is 24.3 Å². The maximum Gasteiger partial charge on any atom is 0.311 e. The van der Waals surface area contributed by atoms with Gasteiger partial charge in [-0.25, -0.2) is 0 Å². The molecule has 0 aliphatic rings. The van der Waals surface area contributed by atoms with Crippen LogP contribution >= 0.6 is 0 Å². The van der Waals surface area contributed by atoms with Gasteiger partial charge in [0.1, 0.15) is 0 Å². The standard InChI is InChI=1S/C16H21NO6/c18-15(19)11-5-3-1-2-4-6-12-16(20)23-14-10-8-7-9-13(14)17(21)22/h7-10H,1-6,11-12H2,(H,18,19). The summed E-state index contributed by atoms with van der Waals surface area (Å²) < 4.78 is 5.03. The maximum atomic E-state index is 11.7. The zero-order valence-electron chi connectivity index (χ0n) is 12.9. The van der Waals surface area contributed by atoms with E-state index in [2.05, 4.69) is 0 Å². The highest BCUT2D eigenvalue weighted by Crippen LogP contribution is 2.26. The topological polar surface area (TPSA) is 107 Å².